The molecule has 1 aliphatic rings. The molecule has 1 heterocycles. The van der Waals surface area contributed by atoms with Gasteiger partial charge in [0, 0.05) is 19.8 Å². The molecule has 6 nitrogen and oxygen atoms in total. The first-order valence-corrected chi connectivity index (χ1v) is 6.64. The van der Waals surface area contributed by atoms with Gasteiger partial charge in [0.05, 0.1) is 6.20 Å². The summed E-state index contributed by atoms with van der Waals surface area (Å²) in [5.74, 6) is 0. The first kappa shape index (κ1) is 11.6. The minimum absolute atomic E-state index is 0.00468. The summed E-state index contributed by atoms with van der Waals surface area (Å²) in [5.41, 5.74) is 5.58. The van der Waals surface area contributed by atoms with E-state index >= 15 is 0 Å². The van der Waals surface area contributed by atoms with E-state index in [1.165, 1.54) is 17.1 Å². The molecule has 0 unspecified atom stereocenters. The maximum absolute atomic E-state index is 11.8. The molecular weight excluding hydrogens is 228 g/mol. The van der Waals surface area contributed by atoms with Crippen LogP contribution in [0.2, 0.25) is 0 Å². The number of rotatable bonds is 5. The van der Waals surface area contributed by atoms with Gasteiger partial charge in [-0.15, -0.1) is 0 Å². The first-order valence-electron chi connectivity index (χ1n) is 5.16. The van der Waals surface area contributed by atoms with Crippen molar-refractivity contribution in [2.45, 2.75) is 17.7 Å². The van der Waals surface area contributed by atoms with Crippen LogP contribution in [-0.2, 0) is 17.1 Å². The lowest BCUT2D eigenvalue weighted by Crippen LogP contribution is -2.33. The van der Waals surface area contributed by atoms with Crippen LogP contribution < -0.4 is 10.5 Å². The second-order valence-corrected chi connectivity index (χ2v) is 6.15. The zero-order chi connectivity index (χ0) is 11.8. The number of aryl methyl sites for hydroxylation is 1. The third-order valence-electron chi connectivity index (χ3n) is 3.02. The molecule has 90 valence electrons. The second kappa shape index (κ2) is 3.83. The third kappa shape index (κ3) is 2.26. The van der Waals surface area contributed by atoms with Crippen molar-refractivity contribution in [3.63, 3.8) is 0 Å². The summed E-state index contributed by atoms with van der Waals surface area (Å²) in [6.07, 6.45) is 4.81. The van der Waals surface area contributed by atoms with Crippen LogP contribution in [0.25, 0.3) is 0 Å². The summed E-state index contributed by atoms with van der Waals surface area (Å²) in [7, 11) is -1.75. The van der Waals surface area contributed by atoms with E-state index < -0.39 is 10.0 Å². The number of nitrogens with two attached hydrogens (primary N) is 1. The highest BCUT2D eigenvalue weighted by Crippen LogP contribution is 2.43. The average molecular weight is 244 g/mol. The van der Waals surface area contributed by atoms with Crippen molar-refractivity contribution in [3.05, 3.63) is 12.4 Å². The number of aromatic nitrogens is 2. The lowest BCUT2D eigenvalue weighted by atomic mass is 10.1. The predicted octanol–water partition coefficient (Wildman–Crippen LogP) is -0.563. The Balaban J connectivity index is 2.04. The van der Waals surface area contributed by atoms with Crippen molar-refractivity contribution in [1.29, 1.82) is 0 Å². The van der Waals surface area contributed by atoms with Crippen LogP contribution in [0.5, 0.6) is 0 Å². The SMILES string of the molecule is Cn1cc(S(=O)(=O)NCC2(CN)CC2)cn1. The van der Waals surface area contributed by atoms with Crippen molar-refractivity contribution in [1.82, 2.24) is 14.5 Å². The van der Waals surface area contributed by atoms with E-state index in [0.717, 1.165) is 12.8 Å². The fraction of sp³-hybridized carbons (Fsp3) is 0.667. The fourth-order valence-electron chi connectivity index (χ4n) is 1.50. The molecule has 16 heavy (non-hydrogen) atoms. The van der Waals surface area contributed by atoms with E-state index in [1.54, 1.807) is 7.05 Å². The van der Waals surface area contributed by atoms with Crippen LogP contribution in [0.1, 0.15) is 12.8 Å². The zero-order valence-electron chi connectivity index (χ0n) is 9.18. The largest absolute Gasteiger partial charge is 0.330 e. The Bertz CT molecular complexity index is 475. The molecule has 1 aliphatic carbocycles. The van der Waals surface area contributed by atoms with Gasteiger partial charge >= 0.3 is 0 Å². The molecular formula is C9H16N4O2S. The summed E-state index contributed by atoms with van der Waals surface area (Å²) in [5, 5.41) is 3.84. The highest BCUT2D eigenvalue weighted by molar-refractivity contribution is 7.89. The van der Waals surface area contributed by atoms with Crippen LogP contribution in [0.3, 0.4) is 0 Å². The normalized spacial score (nSPS) is 18.6. The Morgan fingerprint density at radius 2 is 2.31 bits per heavy atom. The number of hydrogen-bond donors (Lipinski definition) is 2. The molecule has 3 N–H and O–H groups in total. The molecule has 7 heteroatoms. The Hall–Kier alpha value is -0.920. The summed E-state index contributed by atoms with van der Waals surface area (Å²) in [6.45, 7) is 0.948. The number of nitrogens with zero attached hydrogens (tertiary/aromatic N) is 2. The van der Waals surface area contributed by atoms with Crippen molar-refractivity contribution in [3.8, 4) is 0 Å². The Morgan fingerprint density at radius 3 is 2.75 bits per heavy atom. The van der Waals surface area contributed by atoms with Crippen molar-refractivity contribution in [2.75, 3.05) is 13.1 Å². The summed E-state index contributed by atoms with van der Waals surface area (Å²) < 4.78 is 27.7. The molecule has 2 rings (SSSR count). The molecule has 0 bridgehead atoms. The topological polar surface area (TPSA) is 90.0 Å². The summed E-state index contributed by atoms with van der Waals surface area (Å²) in [6, 6.07) is 0. The molecule has 0 aromatic carbocycles. The fourth-order valence-corrected chi connectivity index (χ4v) is 2.64. The smallest absolute Gasteiger partial charge is 0.243 e. The van der Waals surface area contributed by atoms with E-state index in [1.807, 2.05) is 0 Å². The number of hydrogen-bond acceptors (Lipinski definition) is 4. The Labute approximate surface area is 94.9 Å². The van der Waals surface area contributed by atoms with Crippen molar-refractivity contribution < 1.29 is 8.42 Å². The monoisotopic (exact) mass is 244 g/mol. The molecule has 1 saturated carbocycles. The molecule has 0 saturated heterocycles. The van der Waals surface area contributed by atoms with Crippen LogP contribution in [-0.4, -0.2) is 31.3 Å². The van der Waals surface area contributed by atoms with Gasteiger partial charge in [-0.25, -0.2) is 13.1 Å². The quantitative estimate of drug-likeness (QED) is 0.726. The van der Waals surface area contributed by atoms with Gasteiger partial charge in [0.1, 0.15) is 4.90 Å². The van der Waals surface area contributed by atoms with Gasteiger partial charge in [-0.1, -0.05) is 0 Å². The maximum Gasteiger partial charge on any atom is 0.243 e. The van der Waals surface area contributed by atoms with Gasteiger partial charge in [-0.05, 0) is 24.8 Å². The van der Waals surface area contributed by atoms with E-state index in [9.17, 15) is 8.42 Å². The molecule has 1 aromatic heterocycles. The zero-order valence-corrected chi connectivity index (χ0v) is 10.00. The Morgan fingerprint density at radius 1 is 1.62 bits per heavy atom. The first-order chi connectivity index (χ1) is 7.47. The van der Waals surface area contributed by atoms with E-state index in [2.05, 4.69) is 9.82 Å². The van der Waals surface area contributed by atoms with Gasteiger partial charge < -0.3 is 5.73 Å². The minimum Gasteiger partial charge on any atom is -0.330 e. The van der Waals surface area contributed by atoms with E-state index in [4.69, 9.17) is 5.73 Å². The van der Waals surface area contributed by atoms with Gasteiger partial charge in [0.2, 0.25) is 10.0 Å². The molecule has 1 aromatic rings. The van der Waals surface area contributed by atoms with Crippen molar-refractivity contribution in [2.24, 2.45) is 18.2 Å². The minimum atomic E-state index is -3.43. The van der Waals surface area contributed by atoms with Gasteiger partial charge in [-0.2, -0.15) is 5.10 Å². The van der Waals surface area contributed by atoms with E-state index in [0.29, 0.717) is 13.1 Å². The lowest BCUT2D eigenvalue weighted by molar-refractivity contribution is 0.501. The number of nitrogens with one attached hydrogen (secondary N) is 1. The second-order valence-electron chi connectivity index (χ2n) is 4.38. The molecule has 0 atom stereocenters. The van der Waals surface area contributed by atoms with Crippen LogP contribution >= 0.6 is 0 Å². The molecule has 0 amide bonds. The predicted molar refractivity (Wildman–Crippen MR) is 59.1 cm³/mol. The van der Waals surface area contributed by atoms with Crippen LogP contribution in [0.15, 0.2) is 17.3 Å². The number of sulfonamides is 1. The molecule has 0 aliphatic heterocycles. The standard InChI is InChI=1S/C9H16N4O2S/c1-13-5-8(4-11-13)16(14,15)12-7-9(6-10)2-3-9/h4-5,12H,2-3,6-7,10H2,1H3. The Kier molecular flexibility index (Phi) is 2.77. The summed E-state index contributed by atoms with van der Waals surface area (Å²) in [4.78, 5) is 0.197. The van der Waals surface area contributed by atoms with Gasteiger partial charge in [0.25, 0.3) is 0 Å². The third-order valence-corrected chi connectivity index (χ3v) is 4.37. The van der Waals surface area contributed by atoms with Gasteiger partial charge in [-0.3, -0.25) is 4.68 Å². The molecule has 0 radical (unpaired) electrons. The highest BCUT2D eigenvalue weighted by Gasteiger charge is 2.41. The lowest BCUT2D eigenvalue weighted by Gasteiger charge is -2.12. The summed E-state index contributed by atoms with van der Waals surface area (Å²) >= 11 is 0. The van der Waals surface area contributed by atoms with Crippen LogP contribution in [0.4, 0.5) is 0 Å². The molecule has 1 fully saturated rings. The maximum atomic E-state index is 11.8. The molecule has 0 spiro atoms. The van der Waals surface area contributed by atoms with Gasteiger partial charge in [0.15, 0.2) is 0 Å². The van der Waals surface area contributed by atoms with E-state index in [-0.39, 0.29) is 10.3 Å². The average Bonchev–Trinajstić information content (AvgIpc) is 2.91. The van der Waals surface area contributed by atoms with Crippen LogP contribution in [0, 0.1) is 5.41 Å². The van der Waals surface area contributed by atoms with Crippen molar-refractivity contribution >= 4 is 10.0 Å². The highest BCUT2D eigenvalue weighted by atomic mass is 32.2.